The lowest BCUT2D eigenvalue weighted by Crippen LogP contribution is -2.36. The van der Waals surface area contributed by atoms with Gasteiger partial charge in [0.2, 0.25) is 0 Å². The van der Waals surface area contributed by atoms with Crippen LogP contribution in [0.5, 0.6) is 0 Å². The van der Waals surface area contributed by atoms with Gasteiger partial charge in [0.25, 0.3) is 6.43 Å². The Bertz CT molecular complexity index is 814. The quantitative estimate of drug-likeness (QED) is 0.934. The molecule has 0 amide bonds. The largest absolute Gasteiger partial charge is 0.481 e. The van der Waals surface area contributed by atoms with E-state index in [0.717, 1.165) is 12.8 Å². The number of para-hydroxylation sites is 1. The molecule has 2 aliphatic rings. The third-order valence-corrected chi connectivity index (χ3v) is 5.39. The molecule has 126 valence electrons. The van der Waals surface area contributed by atoms with Gasteiger partial charge in [-0.15, -0.1) is 0 Å². The van der Waals surface area contributed by atoms with Crippen molar-refractivity contribution >= 4 is 22.7 Å². The highest BCUT2D eigenvalue weighted by atomic mass is 19.3. The van der Waals surface area contributed by atoms with Gasteiger partial charge in [0, 0.05) is 18.5 Å². The van der Waals surface area contributed by atoms with Crippen LogP contribution in [0.1, 0.15) is 31.5 Å². The molecule has 1 aromatic carbocycles. The lowest BCUT2D eigenvalue weighted by atomic mass is 9.81. The highest BCUT2D eigenvalue weighted by Crippen LogP contribution is 2.50. The van der Waals surface area contributed by atoms with Gasteiger partial charge in [0.1, 0.15) is 5.82 Å². The Hall–Kier alpha value is -2.31. The lowest BCUT2D eigenvalue weighted by Gasteiger charge is -2.24. The Morgan fingerprint density at radius 3 is 2.83 bits per heavy atom. The van der Waals surface area contributed by atoms with Crippen LogP contribution in [0, 0.1) is 11.3 Å². The first-order valence-corrected chi connectivity index (χ1v) is 8.04. The average molecular weight is 333 g/mol. The number of rotatable bonds is 3. The van der Waals surface area contributed by atoms with Crippen molar-refractivity contribution in [1.29, 1.82) is 0 Å². The number of anilines is 1. The number of carbonyl (C=O) groups is 1. The molecule has 4 rings (SSSR count). The van der Waals surface area contributed by atoms with Gasteiger partial charge in [-0.1, -0.05) is 18.6 Å². The zero-order chi connectivity index (χ0) is 16.9. The summed E-state index contributed by atoms with van der Waals surface area (Å²) in [5.74, 6) is -0.838. The van der Waals surface area contributed by atoms with Crippen LogP contribution in [0.3, 0.4) is 0 Å². The molecule has 1 aliphatic carbocycles. The maximum Gasteiger partial charge on any atom is 0.311 e. The monoisotopic (exact) mass is 333 g/mol. The number of halogens is 2. The van der Waals surface area contributed by atoms with Crippen molar-refractivity contribution < 1.29 is 18.7 Å². The second kappa shape index (κ2) is 5.36. The van der Waals surface area contributed by atoms with E-state index in [4.69, 9.17) is 0 Å². The Morgan fingerprint density at radius 1 is 1.33 bits per heavy atom. The molecule has 0 unspecified atom stereocenters. The first kappa shape index (κ1) is 15.2. The minimum atomic E-state index is -2.76. The Kier molecular flexibility index (Phi) is 3.40. The number of hydrogen-bond acceptors (Lipinski definition) is 4. The highest BCUT2D eigenvalue weighted by Gasteiger charge is 2.55. The van der Waals surface area contributed by atoms with Gasteiger partial charge in [0.15, 0.2) is 5.82 Å². The summed E-state index contributed by atoms with van der Waals surface area (Å²) < 4.78 is 26.3. The molecule has 2 aromatic rings. The summed E-state index contributed by atoms with van der Waals surface area (Å²) in [6, 6.07) is 7.02. The topological polar surface area (TPSA) is 66.3 Å². The fourth-order valence-electron chi connectivity index (χ4n) is 4.22. The number of aromatic nitrogens is 2. The van der Waals surface area contributed by atoms with Crippen LogP contribution < -0.4 is 4.90 Å². The van der Waals surface area contributed by atoms with Crippen molar-refractivity contribution in [3.8, 4) is 0 Å². The summed E-state index contributed by atoms with van der Waals surface area (Å²) in [5, 5.41) is 10.4. The van der Waals surface area contributed by atoms with Gasteiger partial charge in [-0.25, -0.2) is 18.7 Å². The van der Waals surface area contributed by atoms with Crippen LogP contribution in [0.2, 0.25) is 0 Å². The smallest absolute Gasteiger partial charge is 0.311 e. The molecule has 1 N–H and O–H groups in total. The summed E-state index contributed by atoms with van der Waals surface area (Å²) in [6.07, 6.45) is -0.372. The first-order chi connectivity index (χ1) is 11.5. The molecule has 0 spiro atoms. The Balaban J connectivity index is 1.81. The van der Waals surface area contributed by atoms with Crippen LogP contribution >= 0.6 is 0 Å². The SMILES string of the molecule is O=C(O)[C@@]12CCC[C@H]1CN(c1nc(C(F)F)nc3ccccc13)C2. The van der Waals surface area contributed by atoms with Crippen LogP contribution in [-0.4, -0.2) is 34.1 Å². The van der Waals surface area contributed by atoms with Crippen LogP contribution in [0.4, 0.5) is 14.6 Å². The van der Waals surface area contributed by atoms with Gasteiger partial charge in [-0.05, 0) is 30.9 Å². The summed E-state index contributed by atoms with van der Waals surface area (Å²) in [5.41, 5.74) is -0.323. The van der Waals surface area contributed by atoms with Gasteiger partial charge >= 0.3 is 5.97 Å². The second-order valence-electron chi connectivity index (χ2n) is 6.65. The molecule has 1 saturated carbocycles. The Labute approximate surface area is 137 Å². The maximum atomic E-state index is 13.2. The number of benzene rings is 1. The molecule has 1 aliphatic heterocycles. The standard InChI is InChI=1S/C17H17F2N3O2/c18-13(19)14-20-12-6-2-1-5-11(12)15(21-14)22-8-10-4-3-7-17(10,9-22)16(23)24/h1-2,5-6,10,13H,3-4,7-9H2,(H,23,24)/t10-,17+/m0/s1. The minimum absolute atomic E-state index is 0.0405. The molecule has 2 atom stereocenters. The number of nitrogens with zero attached hydrogens (tertiary/aromatic N) is 3. The van der Waals surface area contributed by atoms with E-state index >= 15 is 0 Å². The lowest BCUT2D eigenvalue weighted by molar-refractivity contribution is -0.149. The molecule has 1 saturated heterocycles. The van der Waals surface area contributed by atoms with E-state index in [1.165, 1.54) is 0 Å². The predicted octanol–water partition coefficient (Wildman–Crippen LogP) is 3.26. The Morgan fingerprint density at radius 2 is 2.12 bits per heavy atom. The van der Waals surface area contributed by atoms with Crippen LogP contribution in [-0.2, 0) is 4.79 Å². The molecule has 2 fully saturated rings. The van der Waals surface area contributed by atoms with Crippen molar-refractivity contribution in [3.63, 3.8) is 0 Å². The number of hydrogen-bond donors (Lipinski definition) is 1. The zero-order valence-electron chi connectivity index (χ0n) is 13.0. The fraction of sp³-hybridized carbons (Fsp3) is 0.471. The average Bonchev–Trinajstić information content (AvgIpc) is 3.11. The number of carboxylic acid groups (broad SMARTS) is 1. The number of carboxylic acids is 1. The molecule has 5 nitrogen and oxygen atoms in total. The normalized spacial score (nSPS) is 26.3. The third-order valence-electron chi connectivity index (χ3n) is 5.39. The molecular weight excluding hydrogens is 316 g/mol. The van der Waals surface area contributed by atoms with Crippen molar-refractivity contribution in [2.45, 2.75) is 25.7 Å². The highest BCUT2D eigenvalue weighted by molar-refractivity contribution is 5.90. The molecule has 7 heteroatoms. The van der Waals surface area contributed by atoms with Crippen LogP contribution in [0.25, 0.3) is 10.9 Å². The number of alkyl halides is 2. The van der Waals surface area contributed by atoms with E-state index in [1.54, 1.807) is 24.3 Å². The fourth-order valence-corrected chi connectivity index (χ4v) is 4.22. The van der Waals surface area contributed by atoms with E-state index in [9.17, 15) is 18.7 Å². The first-order valence-electron chi connectivity index (χ1n) is 8.04. The van der Waals surface area contributed by atoms with E-state index in [-0.39, 0.29) is 5.92 Å². The van der Waals surface area contributed by atoms with Crippen molar-refractivity contribution in [3.05, 3.63) is 30.1 Å². The third kappa shape index (κ3) is 2.14. The van der Waals surface area contributed by atoms with Gasteiger partial charge < -0.3 is 10.0 Å². The molecular formula is C17H17F2N3O2. The zero-order valence-corrected chi connectivity index (χ0v) is 13.0. The number of fused-ring (bicyclic) bond motifs is 2. The predicted molar refractivity (Wildman–Crippen MR) is 84.1 cm³/mol. The second-order valence-corrected chi connectivity index (χ2v) is 6.65. The van der Waals surface area contributed by atoms with Gasteiger partial charge in [0.05, 0.1) is 10.9 Å². The van der Waals surface area contributed by atoms with Gasteiger partial charge in [-0.3, -0.25) is 4.79 Å². The van der Waals surface area contributed by atoms with E-state index in [2.05, 4.69) is 9.97 Å². The van der Waals surface area contributed by atoms with Gasteiger partial charge in [-0.2, -0.15) is 0 Å². The molecule has 2 heterocycles. The summed E-state index contributed by atoms with van der Waals surface area (Å²) in [6.45, 7) is 0.854. The molecule has 0 radical (unpaired) electrons. The molecule has 1 aromatic heterocycles. The minimum Gasteiger partial charge on any atom is -0.481 e. The summed E-state index contributed by atoms with van der Waals surface area (Å²) >= 11 is 0. The number of aliphatic carboxylic acids is 1. The molecule has 0 bridgehead atoms. The summed E-state index contributed by atoms with van der Waals surface area (Å²) in [4.78, 5) is 21.7. The van der Waals surface area contributed by atoms with E-state index < -0.39 is 23.6 Å². The van der Waals surface area contributed by atoms with E-state index in [0.29, 0.717) is 36.2 Å². The maximum absolute atomic E-state index is 13.2. The van der Waals surface area contributed by atoms with Crippen molar-refractivity contribution in [2.75, 3.05) is 18.0 Å². The van der Waals surface area contributed by atoms with Crippen LogP contribution in [0.15, 0.2) is 24.3 Å². The van der Waals surface area contributed by atoms with Crippen molar-refractivity contribution in [1.82, 2.24) is 9.97 Å². The van der Waals surface area contributed by atoms with Crippen molar-refractivity contribution in [2.24, 2.45) is 11.3 Å². The summed E-state index contributed by atoms with van der Waals surface area (Å²) in [7, 11) is 0. The molecule has 24 heavy (non-hydrogen) atoms. The van der Waals surface area contributed by atoms with E-state index in [1.807, 2.05) is 4.90 Å².